The van der Waals surface area contributed by atoms with E-state index in [1.165, 1.54) is 11.0 Å². The number of ether oxygens (including phenoxy) is 2. The van der Waals surface area contributed by atoms with Gasteiger partial charge in [0.2, 0.25) is 11.8 Å². The number of carbonyl (C=O) groups is 1. The van der Waals surface area contributed by atoms with Crippen molar-refractivity contribution in [2.45, 2.75) is 134 Å². The lowest BCUT2D eigenvalue weighted by Gasteiger charge is -2.51. The van der Waals surface area contributed by atoms with Crippen LogP contribution in [-0.2, 0) is 21.5 Å². The number of nitrogens with zero attached hydrogens (tertiary/aromatic N) is 4. The number of aromatic nitrogens is 3. The summed E-state index contributed by atoms with van der Waals surface area (Å²) in [5.41, 5.74) is -4.14. The molecule has 9 nitrogen and oxygen atoms in total. The van der Waals surface area contributed by atoms with Gasteiger partial charge in [0, 0.05) is 11.6 Å². The number of carbonyl (C=O) groups excluding carboxylic acids is 1. The van der Waals surface area contributed by atoms with E-state index in [0.29, 0.717) is 19.1 Å². The fraction of sp³-hybridized carbons (Fsp3) is 0.629. The highest BCUT2D eigenvalue weighted by Crippen LogP contribution is 2.51. The number of amides is 1. The zero-order valence-electron chi connectivity index (χ0n) is 30.8. The number of hydrogen-bond acceptors (Lipinski definition) is 7. The minimum Gasteiger partial charge on any atom is -0.491 e. The lowest BCUT2D eigenvalue weighted by molar-refractivity contribution is -0.141. The highest BCUT2D eigenvalue weighted by atomic mass is 28.4. The zero-order valence-corrected chi connectivity index (χ0v) is 31.8. The molecule has 0 radical (unpaired) electrons. The minimum absolute atomic E-state index is 0.0310. The van der Waals surface area contributed by atoms with E-state index in [9.17, 15) is 31.1 Å². The van der Waals surface area contributed by atoms with Crippen molar-refractivity contribution in [2.24, 2.45) is 0 Å². The fourth-order valence-electron chi connectivity index (χ4n) is 6.51. The molecule has 1 aliphatic carbocycles. The maximum atomic E-state index is 15.4. The lowest BCUT2D eigenvalue weighted by atomic mass is 9.77. The lowest BCUT2D eigenvalue weighted by Crippen LogP contribution is -2.54. The highest BCUT2D eigenvalue weighted by molar-refractivity contribution is 6.74. The number of halogens is 7. The maximum Gasteiger partial charge on any atom is 0.436 e. The van der Waals surface area contributed by atoms with E-state index in [1.54, 1.807) is 27.7 Å². The molecule has 288 valence electrons. The summed E-state index contributed by atoms with van der Waals surface area (Å²) in [6.07, 6.45) is -7.88. The summed E-state index contributed by atoms with van der Waals surface area (Å²) in [6.45, 7) is 18.4. The molecule has 2 aromatic heterocycles. The van der Waals surface area contributed by atoms with Gasteiger partial charge in [0.05, 0.1) is 34.2 Å². The molecule has 0 unspecified atom stereocenters. The molecule has 3 aromatic rings. The molecular weight excluding hydrogens is 717 g/mol. The average Bonchev–Trinajstić information content (AvgIpc) is 3.57. The van der Waals surface area contributed by atoms with E-state index >= 15 is 4.39 Å². The SMILES string of the molecule is C[C@H]1CC(c2nc(C(F)(F)F)co2)=C[C@@H](COc2cc(C(F)(F)F)c3c(c2)c(F)nn3C2CC(C)(O[Si](C)(C)C(C)(C)C)C2)N1C(=O)OC(C)(C)C. The average molecular weight is 763 g/mol. The minimum atomic E-state index is -4.93. The van der Waals surface area contributed by atoms with Gasteiger partial charge in [-0.1, -0.05) is 20.8 Å². The molecule has 3 heterocycles. The number of rotatable bonds is 7. The molecule has 17 heteroatoms. The molecule has 5 rings (SSSR count). The molecule has 1 aromatic carbocycles. The molecule has 1 saturated carbocycles. The van der Waals surface area contributed by atoms with Gasteiger partial charge < -0.3 is 18.3 Å². The second-order valence-electron chi connectivity index (χ2n) is 16.5. The molecule has 2 aliphatic rings. The second kappa shape index (κ2) is 13.1. The van der Waals surface area contributed by atoms with Gasteiger partial charge >= 0.3 is 18.4 Å². The smallest absolute Gasteiger partial charge is 0.436 e. The number of benzene rings is 1. The van der Waals surface area contributed by atoms with E-state index in [0.717, 1.165) is 16.8 Å². The summed E-state index contributed by atoms with van der Waals surface area (Å²) in [5, 5.41) is 3.41. The van der Waals surface area contributed by atoms with Crippen LogP contribution in [-0.4, -0.2) is 64.0 Å². The van der Waals surface area contributed by atoms with Crippen molar-refractivity contribution in [1.82, 2.24) is 19.7 Å². The van der Waals surface area contributed by atoms with Crippen LogP contribution in [0.4, 0.5) is 35.5 Å². The molecule has 0 spiro atoms. The Kier molecular flexibility index (Phi) is 9.94. The van der Waals surface area contributed by atoms with Crippen molar-refractivity contribution in [2.75, 3.05) is 6.61 Å². The van der Waals surface area contributed by atoms with Gasteiger partial charge in [0.1, 0.15) is 24.2 Å². The van der Waals surface area contributed by atoms with Crippen molar-refractivity contribution in [3.63, 3.8) is 0 Å². The molecule has 2 atom stereocenters. The summed E-state index contributed by atoms with van der Waals surface area (Å²) < 4.78 is 123. The van der Waals surface area contributed by atoms with Gasteiger partial charge in [0.15, 0.2) is 14.0 Å². The zero-order chi connectivity index (χ0) is 39.0. The Labute approximate surface area is 298 Å². The van der Waals surface area contributed by atoms with Crippen LogP contribution in [0.25, 0.3) is 16.5 Å². The van der Waals surface area contributed by atoms with Gasteiger partial charge in [-0.15, -0.1) is 5.10 Å². The second-order valence-corrected chi connectivity index (χ2v) is 21.2. The van der Waals surface area contributed by atoms with Crippen LogP contribution in [0.2, 0.25) is 18.1 Å². The predicted molar refractivity (Wildman–Crippen MR) is 181 cm³/mol. The van der Waals surface area contributed by atoms with Crippen molar-refractivity contribution in [1.29, 1.82) is 0 Å². The quantitative estimate of drug-likeness (QED) is 0.175. The normalized spacial score (nSPS) is 23.4. The molecular formula is C35H45F7N4O5Si. The molecule has 1 fully saturated rings. The Morgan fingerprint density at radius 2 is 1.67 bits per heavy atom. The first-order chi connectivity index (χ1) is 23.6. The Balaban J connectivity index is 1.47. The molecule has 0 N–H and O–H groups in total. The Bertz CT molecular complexity index is 1850. The number of oxazole rings is 1. The summed E-state index contributed by atoms with van der Waals surface area (Å²) >= 11 is 0. The number of alkyl halides is 6. The van der Waals surface area contributed by atoms with Crippen LogP contribution in [0.15, 0.2) is 28.9 Å². The van der Waals surface area contributed by atoms with E-state index < -0.39 is 90.8 Å². The van der Waals surface area contributed by atoms with Gasteiger partial charge in [-0.2, -0.15) is 30.7 Å². The molecule has 1 aliphatic heterocycles. The third-order valence-electron chi connectivity index (χ3n) is 9.86. The van der Waals surface area contributed by atoms with E-state index in [1.807, 2.05) is 6.92 Å². The summed E-state index contributed by atoms with van der Waals surface area (Å²) in [6, 6.07) is -0.408. The largest absolute Gasteiger partial charge is 0.491 e. The van der Waals surface area contributed by atoms with Gasteiger partial charge in [-0.05, 0) is 90.2 Å². The standard InChI is InChI=1S/C35H45F7N4O5Si/c1-19-11-20(29-43-26(18-49-29)35(40,41)42)12-21(45(19)30(47)50-31(2,3)4)17-48-23-13-24-27(25(14-23)34(37,38)39)46(44-28(24)36)22-15-33(8,16-22)51-52(9,10)32(5,6)7/h12-14,18-19,21-22H,11,15-17H2,1-10H3/t19-,21-,22?,33?/m0/s1. The Morgan fingerprint density at radius 3 is 2.21 bits per heavy atom. The van der Waals surface area contributed by atoms with Crippen LogP contribution in [0.5, 0.6) is 5.75 Å². The van der Waals surface area contributed by atoms with Gasteiger partial charge in [0.25, 0.3) is 0 Å². The van der Waals surface area contributed by atoms with E-state index in [-0.39, 0.29) is 28.7 Å². The van der Waals surface area contributed by atoms with E-state index in [4.69, 9.17) is 18.3 Å². The number of fused-ring (bicyclic) bond motifs is 1. The summed E-state index contributed by atoms with van der Waals surface area (Å²) in [7, 11) is -2.21. The van der Waals surface area contributed by atoms with Crippen molar-refractivity contribution in [3.05, 3.63) is 47.6 Å². The topological polar surface area (TPSA) is 91.9 Å². The molecule has 0 bridgehead atoms. The van der Waals surface area contributed by atoms with E-state index in [2.05, 4.69) is 43.9 Å². The first-order valence-electron chi connectivity index (χ1n) is 17.0. The first kappa shape index (κ1) is 39.6. The predicted octanol–water partition coefficient (Wildman–Crippen LogP) is 10.2. The van der Waals surface area contributed by atoms with Crippen LogP contribution < -0.4 is 4.74 Å². The monoisotopic (exact) mass is 762 g/mol. The molecule has 0 saturated heterocycles. The Morgan fingerprint density at radius 1 is 1.04 bits per heavy atom. The van der Waals surface area contributed by atoms with Crippen molar-refractivity contribution < 1.29 is 53.8 Å². The highest BCUT2D eigenvalue weighted by Gasteiger charge is 2.51. The third kappa shape index (κ3) is 8.14. The summed E-state index contributed by atoms with van der Waals surface area (Å²) in [5.74, 6) is -1.80. The molecule has 52 heavy (non-hydrogen) atoms. The Hall–Kier alpha value is -3.60. The van der Waals surface area contributed by atoms with Gasteiger partial charge in [-0.25, -0.2) is 9.78 Å². The fourth-order valence-corrected chi connectivity index (χ4v) is 8.22. The first-order valence-corrected chi connectivity index (χ1v) is 19.9. The van der Waals surface area contributed by atoms with Crippen LogP contribution in [0, 0.1) is 5.95 Å². The van der Waals surface area contributed by atoms with Crippen molar-refractivity contribution in [3.8, 4) is 5.75 Å². The maximum absolute atomic E-state index is 15.4. The summed E-state index contributed by atoms with van der Waals surface area (Å²) in [4.78, 5) is 18.1. The molecule has 1 amide bonds. The third-order valence-corrected chi connectivity index (χ3v) is 14.5. The van der Waals surface area contributed by atoms with Crippen LogP contribution >= 0.6 is 0 Å². The van der Waals surface area contributed by atoms with Gasteiger partial charge in [-0.3, -0.25) is 9.58 Å². The van der Waals surface area contributed by atoms with Crippen LogP contribution in [0.3, 0.4) is 0 Å². The number of hydrogen-bond donors (Lipinski definition) is 0. The van der Waals surface area contributed by atoms with Crippen LogP contribution in [0.1, 0.15) is 97.8 Å². The van der Waals surface area contributed by atoms with Crippen molar-refractivity contribution >= 4 is 30.9 Å².